The van der Waals surface area contributed by atoms with Gasteiger partial charge in [-0.2, -0.15) is 4.98 Å². The van der Waals surface area contributed by atoms with Crippen molar-refractivity contribution in [1.29, 1.82) is 0 Å². The first-order chi connectivity index (χ1) is 15.7. The molecule has 0 saturated carbocycles. The Morgan fingerprint density at radius 3 is 2.61 bits per heavy atom. The Balaban J connectivity index is 1.42. The van der Waals surface area contributed by atoms with Crippen LogP contribution in [0.15, 0.2) is 24.3 Å². The van der Waals surface area contributed by atoms with E-state index in [4.69, 9.17) is 20.4 Å². The van der Waals surface area contributed by atoms with Crippen LogP contribution in [0.25, 0.3) is 0 Å². The minimum absolute atomic E-state index is 0.00915. The van der Waals surface area contributed by atoms with Crippen molar-refractivity contribution in [3.05, 3.63) is 46.6 Å². The molecule has 2 aliphatic carbocycles. The van der Waals surface area contributed by atoms with E-state index in [1.807, 2.05) is 20.8 Å². The number of hydrogen-bond donors (Lipinski definition) is 2. The van der Waals surface area contributed by atoms with Crippen molar-refractivity contribution in [2.45, 2.75) is 82.8 Å². The molecule has 2 aromatic rings. The summed E-state index contributed by atoms with van der Waals surface area (Å²) >= 11 is 0. The smallest absolute Gasteiger partial charge is 0.407 e. The fourth-order valence-electron chi connectivity index (χ4n) is 5.89. The molecule has 1 amide bonds. The van der Waals surface area contributed by atoms with Gasteiger partial charge in [-0.1, -0.05) is 30.7 Å². The number of nitrogens with two attached hydrogens (primary N) is 1. The van der Waals surface area contributed by atoms with E-state index in [0.717, 1.165) is 56.6 Å². The molecule has 0 radical (unpaired) electrons. The van der Waals surface area contributed by atoms with Gasteiger partial charge in [-0.25, -0.2) is 9.78 Å². The minimum Gasteiger partial charge on any atom is -0.444 e. The summed E-state index contributed by atoms with van der Waals surface area (Å²) < 4.78 is 5.45. The molecule has 3 aliphatic rings. The summed E-state index contributed by atoms with van der Waals surface area (Å²) in [6.45, 7) is 7.17. The zero-order chi connectivity index (χ0) is 23.2. The lowest BCUT2D eigenvalue weighted by atomic mass is 9.76. The summed E-state index contributed by atoms with van der Waals surface area (Å²) in [5, 5.41) is 3.03. The number of carbonyl (C=O) groups is 1. The van der Waals surface area contributed by atoms with Crippen LogP contribution in [0.3, 0.4) is 0 Å². The number of aromatic nitrogens is 2. The predicted octanol–water partition coefficient (Wildman–Crippen LogP) is 3.93. The molecule has 176 valence electrons. The Morgan fingerprint density at radius 2 is 1.91 bits per heavy atom. The maximum Gasteiger partial charge on any atom is 0.407 e. The molecular weight excluding hydrogens is 414 g/mol. The first-order valence-corrected chi connectivity index (χ1v) is 12.2. The van der Waals surface area contributed by atoms with Gasteiger partial charge in [-0.15, -0.1) is 0 Å². The molecule has 1 aromatic heterocycles. The van der Waals surface area contributed by atoms with Gasteiger partial charge in [0.25, 0.3) is 0 Å². The molecule has 1 spiro atoms. The van der Waals surface area contributed by atoms with Gasteiger partial charge in [0.2, 0.25) is 5.95 Å². The number of fused-ring (bicyclic) bond motifs is 3. The highest BCUT2D eigenvalue weighted by Crippen LogP contribution is 2.47. The molecule has 1 aromatic carbocycles. The fourth-order valence-corrected chi connectivity index (χ4v) is 5.89. The lowest BCUT2D eigenvalue weighted by Gasteiger charge is -2.31. The summed E-state index contributed by atoms with van der Waals surface area (Å²) in [6.07, 6.45) is 6.97. The fraction of sp³-hybridized carbons (Fsp3) is 0.577. The van der Waals surface area contributed by atoms with Crippen LogP contribution in [-0.2, 0) is 29.4 Å². The van der Waals surface area contributed by atoms with Gasteiger partial charge in [0.1, 0.15) is 11.4 Å². The van der Waals surface area contributed by atoms with E-state index >= 15 is 0 Å². The van der Waals surface area contributed by atoms with E-state index in [1.165, 1.54) is 23.1 Å². The molecule has 1 aliphatic heterocycles. The number of hydrogen-bond acceptors (Lipinski definition) is 6. The van der Waals surface area contributed by atoms with Gasteiger partial charge in [0.15, 0.2) is 0 Å². The van der Waals surface area contributed by atoms with Crippen LogP contribution in [0.1, 0.15) is 68.8 Å². The van der Waals surface area contributed by atoms with Crippen molar-refractivity contribution in [1.82, 2.24) is 15.3 Å². The van der Waals surface area contributed by atoms with Crippen LogP contribution < -0.4 is 16.0 Å². The number of amides is 1. The molecule has 33 heavy (non-hydrogen) atoms. The minimum atomic E-state index is -0.506. The molecule has 2 heterocycles. The SMILES string of the molecule is CC(C)(C)OC(=O)N[C@@H]1CCN(c2nc(N)nc3c2CCCCC32Cc3ccccc3C2)C1. The highest BCUT2D eigenvalue weighted by Gasteiger charge is 2.43. The Morgan fingerprint density at radius 1 is 1.18 bits per heavy atom. The summed E-state index contributed by atoms with van der Waals surface area (Å²) in [5.41, 5.74) is 11.1. The highest BCUT2D eigenvalue weighted by atomic mass is 16.6. The zero-order valence-electron chi connectivity index (χ0n) is 20.0. The van der Waals surface area contributed by atoms with E-state index in [9.17, 15) is 4.79 Å². The van der Waals surface area contributed by atoms with E-state index in [1.54, 1.807) is 0 Å². The van der Waals surface area contributed by atoms with Crippen molar-refractivity contribution in [2.24, 2.45) is 0 Å². The lowest BCUT2D eigenvalue weighted by molar-refractivity contribution is 0.0509. The van der Waals surface area contributed by atoms with Crippen LogP contribution in [0.2, 0.25) is 0 Å². The molecule has 5 rings (SSSR count). The normalized spacial score (nSPS) is 21.4. The van der Waals surface area contributed by atoms with Crippen molar-refractivity contribution >= 4 is 17.9 Å². The average Bonchev–Trinajstić information content (AvgIpc) is 3.30. The second-order valence-electron chi connectivity index (χ2n) is 10.9. The van der Waals surface area contributed by atoms with E-state index < -0.39 is 5.60 Å². The maximum absolute atomic E-state index is 12.3. The maximum atomic E-state index is 12.3. The number of rotatable bonds is 2. The first-order valence-electron chi connectivity index (χ1n) is 12.2. The molecule has 1 fully saturated rings. The summed E-state index contributed by atoms with van der Waals surface area (Å²) in [6, 6.07) is 8.82. The van der Waals surface area contributed by atoms with Crippen molar-refractivity contribution in [3.63, 3.8) is 0 Å². The monoisotopic (exact) mass is 449 g/mol. The molecule has 1 atom stereocenters. The molecule has 7 nitrogen and oxygen atoms in total. The van der Waals surface area contributed by atoms with Gasteiger partial charge < -0.3 is 20.7 Å². The van der Waals surface area contributed by atoms with Gasteiger partial charge >= 0.3 is 6.09 Å². The number of nitrogens with zero attached hydrogens (tertiary/aromatic N) is 3. The van der Waals surface area contributed by atoms with Crippen LogP contribution in [0.5, 0.6) is 0 Å². The number of benzene rings is 1. The van der Waals surface area contributed by atoms with Crippen molar-refractivity contribution in [2.75, 3.05) is 23.7 Å². The number of carbonyl (C=O) groups excluding carboxylic acids is 1. The Labute approximate surface area is 196 Å². The summed E-state index contributed by atoms with van der Waals surface area (Å²) in [4.78, 5) is 24.2. The number of anilines is 2. The number of nitrogen functional groups attached to an aromatic ring is 1. The third-order valence-corrected chi connectivity index (χ3v) is 7.22. The Kier molecular flexibility index (Phi) is 5.46. The topological polar surface area (TPSA) is 93.4 Å². The Hall–Kier alpha value is -2.83. The third-order valence-electron chi connectivity index (χ3n) is 7.22. The molecule has 7 heteroatoms. The van der Waals surface area contributed by atoms with Crippen LogP contribution in [0.4, 0.5) is 16.6 Å². The van der Waals surface area contributed by atoms with Crippen molar-refractivity contribution in [3.8, 4) is 0 Å². The number of alkyl carbamates (subject to hydrolysis) is 1. The van der Waals surface area contributed by atoms with Crippen molar-refractivity contribution < 1.29 is 9.53 Å². The van der Waals surface area contributed by atoms with Crippen LogP contribution >= 0.6 is 0 Å². The largest absolute Gasteiger partial charge is 0.444 e. The molecule has 0 unspecified atom stereocenters. The molecule has 0 bridgehead atoms. The van der Waals surface area contributed by atoms with Gasteiger partial charge in [-0.3, -0.25) is 0 Å². The predicted molar refractivity (Wildman–Crippen MR) is 130 cm³/mol. The van der Waals surface area contributed by atoms with Gasteiger partial charge in [-0.05, 0) is 70.4 Å². The third kappa shape index (κ3) is 4.37. The average molecular weight is 450 g/mol. The van der Waals surface area contributed by atoms with E-state index in [0.29, 0.717) is 12.5 Å². The first kappa shape index (κ1) is 22.0. The Bertz CT molecular complexity index is 1040. The summed E-state index contributed by atoms with van der Waals surface area (Å²) in [7, 11) is 0. The zero-order valence-corrected chi connectivity index (χ0v) is 20.0. The summed E-state index contributed by atoms with van der Waals surface area (Å²) in [5.74, 6) is 1.31. The molecule has 3 N–H and O–H groups in total. The quantitative estimate of drug-likeness (QED) is 0.722. The van der Waals surface area contributed by atoms with Gasteiger partial charge in [0.05, 0.1) is 11.7 Å². The van der Waals surface area contributed by atoms with E-state index in [2.05, 4.69) is 34.5 Å². The highest BCUT2D eigenvalue weighted by molar-refractivity contribution is 5.68. The lowest BCUT2D eigenvalue weighted by Crippen LogP contribution is -2.40. The van der Waals surface area contributed by atoms with Gasteiger partial charge in [0, 0.05) is 24.1 Å². The molecular formula is C26H35N5O2. The number of nitrogens with one attached hydrogen (secondary N) is 1. The number of ether oxygens (including phenoxy) is 1. The van der Waals surface area contributed by atoms with Crippen LogP contribution in [-0.4, -0.2) is 40.8 Å². The van der Waals surface area contributed by atoms with E-state index in [-0.39, 0.29) is 17.6 Å². The second-order valence-corrected chi connectivity index (χ2v) is 10.9. The molecule has 1 saturated heterocycles. The van der Waals surface area contributed by atoms with Crippen LogP contribution in [0, 0.1) is 0 Å². The standard InChI is InChI=1S/C26H35N5O2/c1-25(2,3)33-24(32)28-19-11-13-31(16-19)22-20-10-6-7-12-26(21(20)29-23(27)30-22)14-17-8-4-5-9-18(17)15-26/h4-5,8-9,19H,6-7,10-16H2,1-3H3,(H,28,32)(H2,27,29,30)/t19-/m1/s1. The second kappa shape index (κ2) is 8.19.